The summed E-state index contributed by atoms with van der Waals surface area (Å²) >= 11 is 6.09. The predicted octanol–water partition coefficient (Wildman–Crippen LogP) is 3.55. The van der Waals surface area contributed by atoms with Crippen molar-refractivity contribution in [3.63, 3.8) is 0 Å². The molecule has 6 heteroatoms. The van der Waals surface area contributed by atoms with Crippen molar-refractivity contribution in [2.75, 3.05) is 11.1 Å². The highest BCUT2D eigenvalue weighted by atomic mass is 35.5. The van der Waals surface area contributed by atoms with Crippen molar-refractivity contribution in [3.05, 3.63) is 35.1 Å². The molecule has 0 atom stereocenters. The maximum Gasteiger partial charge on any atom is 0.242 e. The van der Waals surface area contributed by atoms with Gasteiger partial charge in [-0.3, -0.25) is 0 Å². The molecule has 0 fully saturated rings. The van der Waals surface area contributed by atoms with E-state index in [1.54, 1.807) is 0 Å². The SMILES string of the molecule is Cc1c(Cl)cccc1Nc1ncnc(OC(C)C)c1N. The lowest BCUT2D eigenvalue weighted by Gasteiger charge is -2.15. The fourth-order valence-electron chi connectivity index (χ4n) is 1.67. The van der Waals surface area contributed by atoms with Gasteiger partial charge in [-0.2, -0.15) is 4.98 Å². The molecule has 0 spiro atoms. The van der Waals surface area contributed by atoms with Crippen LogP contribution in [0.3, 0.4) is 0 Å². The number of hydrogen-bond acceptors (Lipinski definition) is 5. The zero-order valence-electron chi connectivity index (χ0n) is 11.6. The van der Waals surface area contributed by atoms with E-state index in [-0.39, 0.29) is 6.10 Å². The van der Waals surface area contributed by atoms with Gasteiger partial charge in [-0.15, -0.1) is 0 Å². The van der Waals surface area contributed by atoms with Crippen LogP contribution in [-0.4, -0.2) is 16.1 Å². The van der Waals surface area contributed by atoms with Crippen LogP contribution < -0.4 is 15.8 Å². The highest BCUT2D eigenvalue weighted by Gasteiger charge is 2.12. The fraction of sp³-hybridized carbons (Fsp3) is 0.286. The second-order valence-corrected chi connectivity index (χ2v) is 5.05. The first kappa shape index (κ1) is 14.4. The van der Waals surface area contributed by atoms with Gasteiger partial charge in [-0.25, -0.2) is 4.98 Å². The van der Waals surface area contributed by atoms with Gasteiger partial charge in [-0.05, 0) is 38.5 Å². The van der Waals surface area contributed by atoms with Crippen LogP contribution in [0.4, 0.5) is 17.2 Å². The van der Waals surface area contributed by atoms with Crippen molar-refractivity contribution in [1.29, 1.82) is 0 Å². The smallest absolute Gasteiger partial charge is 0.242 e. The topological polar surface area (TPSA) is 73.1 Å². The molecule has 1 heterocycles. The summed E-state index contributed by atoms with van der Waals surface area (Å²) in [5, 5.41) is 3.84. The van der Waals surface area contributed by atoms with Crippen LogP contribution in [0.15, 0.2) is 24.5 Å². The summed E-state index contributed by atoms with van der Waals surface area (Å²) in [6, 6.07) is 5.60. The van der Waals surface area contributed by atoms with Gasteiger partial charge in [0, 0.05) is 10.7 Å². The average molecular weight is 293 g/mol. The van der Waals surface area contributed by atoms with Crippen molar-refractivity contribution in [2.45, 2.75) is 26.9 Å². The molecule has 0 aliphatic rings. The lowest BCUT2D eigenvalue weighted by molar-refractivity contribution is 0.234. The summed E-state index contributed by atoms with van der Waals surface area (Å²) in [7, 11) is 0. The zero-order chi connectivity index (χ0) is 14.7. The summed E-state index contributed by atoms with van der Waals surface area (Å²) in [4.78, 5) is 8.18. The number of aromatic nitrogens is 2. The third-order valence-corrected chi connectivity index (χ3v) is 3.12. The average Bonchev–Trinajstić information content (AvgIpc) is 2.39. The van der Waals surface area contributed by atoms with Gasteiger partial charge in [0.05, 0.1) is 6.10 Å². The van der Waals surface area contributed by atoms with E-state index in [1.165, 1.54) is 6.33 Å². The van der Waals surface area contributed by atoms with Crippen molar-refractivity contribution < 1.29 is 4.74 Å². The van der Waals surface area contributed by atoms with E-state index >= 15 is 0 Å². The molecular formula is C14H17ClN4O. The molecule has 106 valence electrons. The number of ether oxygens (including phenoxy) is 1. The monoisotopic (exact) mass is 292 g/mol. The number of nitrogen functional groups attached to an aromatic ring is 1. The summed E-state index contributed by atoms with van der Waals surface area (Å²) in [6.07, 6.45) is 1.41. The number of benzene rings is 1. The number of anilines is 3. The van der Waals surface area contributed by atoms with Gasteiger partial charge in [0.1, 0.15) is 12.0 Å². The van der Waals surface area contributed by atoms with Gasteiger partial charge in [0.15, 0.2) is 5.82 Å². The van der Waals surface area contributed by atoms with Gasteiger partial charge in [-0.1, -0.05) is 17.7 Å². The van der Waals surface area contributed by atoms with E-state index in [0.29, 0.717) is 22.4 Å². The fourth-order valence-corrected chi connectivity index (χ4v) is 1.84. The Morgan fingerprint density at radius 3 is 2.75 bits per heavy atom. The Morgan fingerprint density at radius 2 is 2.05 bits per heavy atom. The van der Waals surface area contributed by atoms with Crippen LogP contribution in [-0.2, 0) is 0 Å². The van der Waals surface area contributed by atoms with Gasteiger partial charge in [0.25, 0.3) is 0 Å². The highest BCUT2D eigenvalue weighted by Crippen LogP contribution is 2.31. The third-order valence-electron chi connectivity index (χ3n) is 2.72. The molecule has 0 saturated carbocycles. The van der Waals surface area contributed by atoms with Crippen molar-refractivity contribution in [2.24, 2.45) is 0 Å². The van der Waals surface area contributed by atoms with E-state index in [0.717, 1.165) is 11.3 Å². The molecule has 0 saturated heterocycles. The number of hydrogen-bond donors (Lipinski definition) is 2. The Hall–Kier alpha value is -2.01. The Morgan fingerprint density at radius 1 is 1.30 bits per heavy atom. The zero-order valence-corrected chi connectivity index (χ0v) is 12.4. The maximum absolute atomic E-state index is 6.09. The normalized spacial score (nSPS) is 10.7. The Balaban J connectivity index is 2.32. The lowest BCUT2D eigenvalue weighted by atomic mass is 10.2. The van der Waals surface area contributed by atoms with Crippen LogP contribution >= 0.6 is 11.6 Å². The van der Waals surface area contributed by atoms with Crippen molar-refractivity contribution >= 4 is 28.8 Å². The lowest BCUT2D eigenvalue weighted by Crippen LogP contribution is -2.11. The summed E-state index contributed by atoms with van der Waals surface area (Å²) < 4.78 is 5.54. The van der Waals surface area contributed by atoms with Crippen molar-refractivity contribution in [3.8, 4) is 5.88 Å². The second kappa shape index (κ2) is 5.96. The third kappa shape index (κ3) is 3.11. The van der Waals surface area contributed by atoms with Crippen LogP contribution in [0.25, 0.3) is 0 Å². The van der Waals surface area contributed by atoms with Crippen LogP contribution in [0.2, 0.25) is 5.02 Å². The standard InChI is InChI=1S/C14H17ClN4O/c1-8(2)20-14-12(16)13(17-7-18-14)19-11-6-4-5-10(15)9(11)3/h4-8H,16H2,1-3H3,(H,17,18,19). The van der Waals surface area contributed by atoms with Crippen LogP contribution in [0, 0.1) is 6.92 Å². The maximum atomic E-state index is 6.09. The van der Waals surface area contributed by atoms with E-state index in [4.69, 9.17) is 22.1 Å². The molecule has 0 aliphatic carbocycles. The second-order valence-electron chi connectivity index (χ2n) is 4.65. The number of halogens is 1. The highest BCUT2D eigenvalue weighted by molar-refractivity contribution is 6.31. The summed E-state index contributed by atoms with van der Waals surface area (Å²) in [5.74, 6) is 0.873. The predicted molar refractivity (Wildman–Crippen MR) is 81.7 cm³/mol. The Labute approximate surface area is 123 Å². The molecule has 1 aromatic heterocycles. The van der Waals surface area contributed by atoms with Gasteiger partial charge < -0.3 is 15.8 Å². The van der Waals surface area contributed by atoms with Crippen molar-refractivity contribution in [1.82, 2.24) is 9.97 Å². The van der Waals surface area contributed by atoms with E-state index in [1.807, 2.05) is 39.0 Å². The van der Waals surface area contributed by atoms with E-state index < -0.39 is 0 Å². The van der Waals surface area contributed by atoms with E-state index in [2.05, 4.69) is 15.3 Å². The molecule has 0 bridgehead atoms. The Bertz CT molecular complexity index is 616. The molecule has 1 aromatic carbocycles. The first-order valence-electron chi connectivity index (χ1n) is 6.28. The molecule has 0 radical (unpaired) electrons. The van der Waals surface area contributed by atoms with Crippen LogP contribution in [0.5, 0.6) is 5.88 Å². The molecule has 0 amide bonds. The Kier molecular flexibility index (Phi) is 4.29. The minimum atomic E-state index is -0.00652. The number of nitrogens with zero attached hydrogens (tertiary/aromatic N) is 2. The molecule has 20 heavy (non-hydrogen) atoms. The number of rotatable bonds is 4. The number of nitrogens with one attached hydrogen (secondary N) is 1. The molecule has 3 N–H and O–H groups in total. The summed E-state index contributed by atoms with van der Waals surface area (Å²) in [6.45, 7) is 5.75. The molecule has 5 nitrogen and oxygen atoms in total. The largest absolute Gasteiger partial charge is 0.473 e. The first-order valence-corrected chi connectivity index (χ1v) is 6.66. The quantitative estimate of drug-likeness (QED) is 0.901. The molecular weight excluding hydrogens is 276 g/mol. The van der Waals surface area contributed by atoms with Gasteiger partial charge in [0.2, 0.25) is 5.88 Å². The first-order chi connectivity index (χ1) is 9.49. The van der Waals surface area contributed by atoms with Crippen LogP contribution in [0.1, 0.15) is 19.4 Å². The molecule has 2 rings (SSSR count). The van der Waals surface area contributed by atoms with E-state index in [9.17, 15) is 0 Å². The summed E-state index contributed by atoms with van der Waals surface area (Å²) in [5.41, 5.74) is 8.17. The molecule has 0 unspecified atom stereocenters. The minimum Gasteiger partial charge on any atom is -0.473 e. The molecule has 0 aliphatic heterocycles. The number of nitrogens with two attached hydrogens (primary N) is 1. The minimum absolute atomic E-state index is 0.00652. The molecule has 2 aromatic rings. The van der Waals surface area contributed by atoms with Gasteiger partial charge >= 0.3 is 0 Å².